The van der Waals surface area contributed by atoms with Crippen molar-refractivity contribution >= 4 is 21.5 Å². The smallest absolute Gasteiger partial charge is 0.394 e. The number of aliphatic hydroxyl groups excluding tert-OH is 4. The molecule has 16 nitrogen and oxygen atoms in total. The summed E-state index contributed by atoms with van der Waals surface area (Å²) < 4.78 is 42.4. The van der Waals surface area contributed by atoms with E-state index in [4.69, 9.17) is 20.7 Å². The second-order valence-electron chi connectivity index (χ2n) is 6.00. The first kappa shape index (κ1) is 25.0. The highest BCUT2D eigenvalue weighted by Gasteiger charge is 2.46. The number of phosphoric ester groups is 2. The minimum atomic E-state index is -5.27. The van der Waals surface area contributed by atoms with Gasteiger partial charge in [0, 0.05) is 6.20 Å². The van der Waals surface area contributed by atoms with E-state index >= 15 is 0 Å². The van der Waals surface area contributed by atoms with Crippen molar-refractivity contribution in [1.29, 1.82) is 0 Å². The Hall–Kier alpha value is -1.26. The van der Waals surface area contributed by atoms with Crippen molar-refractivity contribution in [3.05, 3.63) is 22.7 Å². The van der Waals surface area contributed by atoms with Gasteiger partial charge in [-0.1, -0.05) is 0 Å². The van der Waals surface area contributed by atoms with Crippen LogP contribution in [0.1, 0.15) is 6.23 Å². The summed E-state index contributed by atoms with van der Waals surface area (Å²) in [4.78, 5) is 34.3. The SMILES string of the molecule is Nc1ccn([C@@H]2O[C@H](COP(=O)(O)OP(=O)(O)OC(CO)CO)[C@@H](O)[C@H]2O)c(=O)n1. The molecule has 0 amide bonds. The number of nitrogens with two attached hydrogens (primary N) is 1. The van der Waals surface area contributed by atoms with Crippen molar-refractivity contribution < 1.29 is 57.4 Å². The highest BCUT2D eigenvalue weighted by molar-refractivity contribution is 7.61. The second-order valence-corrected chi connectivity index (χ2v) is 8.99. The molecule has 0 spiro atoms. The van der Waals surface area contributed by atoms with Gasteiger partial charge in [0.05, 0.1) is 19.8 Å². The van der Waals surface area contributed by atoms with E-state index in [0.29, 0.717) is 0 Å². The predicted octanol–water partition coefficient (Wildman–Crippen LogP) is -2.95. The van der Waals surface area contributed by atoms with Crippen LogP contribution in [0.25, 0.3) is 0 Å². The minimum Gasteiger partial charge on any atom is -0.394 e. The van der Waals surface area contributed by atoms with Crippen molar-refractivity contribution in [2.75, 3.05) is 25.6 Å². The quantitative estimate of drug-likeness (QED) is 0.166. The maximum absolute atomic E-state index is 11.9. The number of anilines is 1. The van der Waals surface area contributed by atoms with E-state index in [1.54, 1.807) is 0 Å². The number of hydrogen-bond acceptors (Lipinski definition) is 13. The van der Waals surface area contributed by atoms with Gasteiger partial charge in [-0.3, -0.25) is 13.6 Å². The zero-order chi connectivity index (χ0) is 22.7. The van der Waals surface area contributed by atoms with Crippen LogP contribution in [0.15, 0.2) is 17.1 Å². The number of nitrogens with zero attached hydrogens (tertiary/aromatic N) is 2. The molecule has 1 aliphatic heterocycles. The molecular weight excluding hydrogens is 456 g/mol. The number of nitrogen functional groups attached to an aromatic ring is 1. The molecule has 0 saturated carbocycles. The van der Waals surface area contributed by atoms with Crippen LogP contribution in [0.2, 0.25) is 0 Å². The van der Waals surface area contributed by atoms with E-state index in [2.05, 4.69) is 18.3 Å². The van der Waals surface area contributed by atoms with Crippen LogP contribution in [0.4, 0.5) is 5.82 Å². The van der Waals surface area contributed by atoms with E-state index in [9.17, 15) is 33.9 Å². The fourth-order valence-corrected chi connectivity index (χ4v) is 4.60. The van der Waals surface area contributed by atoms with E-state index in [1.165, 1.54) is 6.07 Å². The highest BCUT2D eigenvalue weighted by atomic mass is 31.3. The number of hydrogen-bond donors (Lipinski definition) is 7. The van der Waals surface area contributed by atoms with Crippen molar-refractivity contribution in [2.24, 2.45) is 0 Å². The minimum absolute atomic E-state index is 0.0946. The van der Waals surface area contributed by atoms with Gasteiger partial charge >= 0.3 is 21.3 Å². The zero-order valence-corrected chi connectivity index (χ0v) is 16.9. The van der Waals surface area contributed by atoms with Crippen LogP contribution in [0.5, 0.6) is 0 Å². The van der Waals surface area contributed by atoms with Crippen molar-refractivity contribution in [3.8, 4) is 0 Å². The van der Waals surface area contributed by atoms with Gasteiger partial charge in [0.2, 0.25) is 0 Å². The van der Waals surface area contributed by atoms with Gasteiger partial charge in [0.15, 0.2) is 6.23 Å². The van der Waals surface area contributed by atoms with Gasteiger partial charge in [0.1, 0.15) is 30.2 Å². The summed E-state index contributed by atoms with van der Waals surface area (Å²) in [5.74, 6) is -0.0946. The van der Waals surface area contributed by atoms with Crippen LogP contribution < -0.4 is 11.4 Å². The fraction of sp³-hybridized carbons (Fsp3) is 0.667. The Morgan fingerprint density at radius 1 is 1.20 bits per heavy atom. The number of phosphoric acid groups is 2. The number of aliphatic hydroxyl groups is 4. The Balaban J connectivity index is 2.01. The van der Waals surface area contributed by atoms with E-state index in [-0.39, 0.29) is 5.82 Å². The Morgan fingerprint density at radius 3 is 2.40 bits per heavy atom. The predicted molar refractivity (Wildman–Crippen MR) is 94.6 cm³/mol. The molecule has 1 aromatic rings. The van der Waals surface area contributed by atoms with Gasteiger partial charge in [0.25, 0.3) is 0 Å². The molecular formula is C12H21N3O13P2. The summed E-state index contributed by atoms with van der Waals surface area (Å²) in [6.07, 6.45) is -6.67. The first-order valence-electron chi connectivity index (χ1n) is 8.17. The van der Waals surface area contributed by atoms with Crippen LogP contribution in [0, 0.1) is 0 Å². The van der Waals surface area contributed by atoms with Gasteiger partial charge in [-0.05, 0) is 6.07 Å². The van der Waals surface area contributed by atoms with E-state index in [0.717, 1.165) is 10.8 Å². The molecule has 172 valence electrons. The largest absolute Gasteiger partial charge is 0.481 e. The lowest BCUT2D eigenvalue weighted by Gasteiger charge is -2.21. The zero-order valence-electron chi connectivity index (χ0n) is 15.1. The summed E-state index contributed by atoms with van der Waals surface area (Å²) in [6.45, 7) is -2.69. The third-order valence-electron chi connectivity index (χ3n) is 3.76. The lowest BCUT2D eigenvalue weighted by Crippen LogP contribution is -2.36. The molecule has 30 heavy (non-hydrogen) atoms. The van der Waals surface area contributed by atoms with Gasteiger partial charge in [-0.25, -0.2) is 13.9 Å². The Morgan fingerprint density at radius 2 is 1.83 bits per heavy atom. The average Bonchev–Trinajstić information content (AvgIpc) is 2.92. The lowest BCUT2D eigenvalue weighted by atomic mass is 10.1. The van der Waals surface area contributed by atoms with Crippen molar-refractivity contribution in [1.82, 2.24) is 9.55 Å². The van der Waals surface area contributed by atoms with Crippen LogP contribution in [-0.2, 0) is 27.2 Å². The summed E-state index contributed by atoms with van der Waals surface area (Å²) in [6, 6.07) is 1.23. The normalized spacial score (nSPS) is 28.4. The van der Waals surface area contributed by atoms with Crippen LogP contribution >= 0.6 is 15.6 Å². The maximum Gasteiger partial charge on any atom is 0.481 e. The van der Waals surface area contributed by atoms with Crippen molar-refractivity contribution in [2.45, 2.75) is 30.6 Å². The van der Waals surface area contributed by atoms with Gasteiger partial charge in [-0.15, -0.1) is 0 Å². The third-order valence-corrected chi connectivity index (χ3v) is 6.45. The molecule has 1 aliphatic rings. The molecule has 0 aliphatic carbocycles. The molecule has 0 radical (unpaired) electrons. The number of ether oxygens (including phenoxy) is 1. The lowest BCUT2D eigenvalue weighted by molar-refractivity contribution is -0.0544. The molecule has 1 saturated heterocycles. The number of aromatic nitrogens is 2. The summed E-state index contributed by atoms with van der Waals surface area (Å²) in [7, 11) is -10.5. The third kappa shape index (κ3) is 6.37. The molecule has 2 rings (SSSR count). The molecule has 2 unspecified atom stereocenters. The molecule has 1 aromatic heterocycles. The summed E-state index contributed by atoms with van der Waals surface area (Å²) in [5.41, 5.74) is 4.46. The van der Waals surface area contributed by atoms with E-state index in [1.807, 2.05) is 0 Å². The average molecular weight is 477 g/mol. The molecule has 1 fully saturated rings. The Bertz CT molecular complexity index is 877. The summed E-state index contributed by atoms with van der Waals surface area (Å²) >= 11 is 0. The van der Waals surface area contributed by atoms with Crippen LogP contribution in [0.3, 0.4) is 0 Å². The second kappa shape index (κ2) is 9.91. The molecule has 2 heterocycles. The van der Waals surface area contributed by atoms with Gasteiger partial charge < -0.3 is 40.7 Å². The topological polar surface area (TPSA) is 253 Å². The Kier molecular flexibility index (Phi) is 8.26. The first-order valence-corrected chi connectivity index (χ1v) is 11.2. The summed E-state index contributed by atoms with van der Waals surface area (Å²) in [5, 5.41) is 37.7. The monoisotopic (exact) mass is 477 g/mol. The van der Waals surface area contributed by atoms with E-state index < -0.39 is 71.8 Å². The fourth-order valence-electron chi connectivity index (χ4n) is 2.37. The first-order chi connectivity index (χ1) is 13.9. The van der Waals surface area contributed by atoms with Crippen molar-refractivity contribution in [3.63, 3.8) is 0 Å². The van der Waals surface area contributed by atoms with Gasteiger partial charge in [-0.2, -0.15) is 9.29 Å². The molecule has 0 bridgehead atoms. The molecule has 18 heteroatoms. The molecule has 0 aromatic carbocycles. The maximum atomic E-state index is 11.9. The van der Waals surface area contributed by atoms with Crippen LogP contribution in [-0.4, -0.2) is 84.0 Å². The standard InChI is InChI=1S/C12H21N3O13P2/c13-8-1-2-15(12(20)14-8)11-10(19)9(18)7(26-11)5-25-29(21,22)28-30(23,24)27-6(3-16)4-17/h1-2,6-7,9-11,16-19H,3-5H2,(H,21,22)(H,23,24)(H2,13,14,20)/t7-,9-,10-,11-/m1/s1. The molecule has 8 N–H and O–H groups in total. The molecule has 6 atom stereocenters. The highest BCUT2D eigenvalue weighted by Crippen LogP contribution is 2.61. The number of rotatable bonds is 10. The Labute approximate surface area is 168 Å².